The minimum absolute atomic E-state index is 0.177. The molecule has 4 aromatic rings. The van der Waals surface area contributed by atoms with Crippen LogP contribution in [0.1, 0.15) is 10.5 Å². The van der Waals surface area contributed by atoms with E-state index in [0.29, 0.717) is 11.5 Å². The van der Waals surface area contributed by atoms with Crippen molar-refractivity contribution in [2.45, 2.75) is 6.54 Å². The Morgan fingerprint density at radius 3 is 2.58 bits per heavy atom. The predicted octanol–water partition coefficient (Wildman–Crippen LogP) is 1.32. The lowest BCUT2D eigenvalue weighted by molar-refractivity contribution is 0.0945. The van der Waals surface area contributed by atoms with Crippen molar-refractivity contribution in [1.29, 1.82) is 0 Å². The topological polar surface area (TPSA) is 117 Å². The molecule has 0 saturated carbocycles. The van der Waals surface area contributed by atoms with Gasteiger partial charge in [0.25, 0.3) is 11.5 Å². The molecule has 1 aromatic carbocycles. The Hall–Kier alpha value is -4.34. The van der Waals surface area contributed by atoms with Gasteiger partial charge in [-0.25, -0.2) is 9.67 Å². The van der Waals surface area contributed by atoms with Gasteiger partial charge < -0.3 is 10.1 Å². The lowest BCUT2D eigenvalue weighted by atomic mass is 10.1. The van der Waals surface area contributed by atoms with Crippen molar-refractivity contribution < 1.29 is 9.53 Å². The normalized spacial score (nSPS) is 10.6. The number of hydrogen-bond acceptors (Lipinski definition) is 7. The van der Waals surface area contributed by atoms with E-state index in [2.05, 4.69) is 25.6 Å². The quantitative estimate of drug-likeness (QED) is 0.482. The molecule has 0 fully saturated rings. The largest absolute Gasteiger partial charge is 0.497 e. The molecule has 156 valence electrons. The predicted molar refractivity (Wildman–Crippen MR) is 112 cm³/mol. The first-order valence-electron chi connectivity index (χ1n) is 9.47. The van der Waals surface area contributed by atoms with E-state index in [1.165, 1.54) is 10.7 Å². The van der Waals surface area contributed by atoms with Crippen LogP contribution in [0.3, 0.4) is 0 Å². The van der Waals surface area contributed by atoms with Crippen LogP contribution in [0, 0.1) is 0 Å². The van der Waals surface area contributed by atoms with Gasteiger partial charge in [0.05, 0.1) is 19.3 Å². The zero-order valence-corrected chi connectivity index (χ0v) is 16.7. The molecular formula is C21H19N7O3. The molecule has 0 aliphatic heterocycles. The molecule has 0 radical (unpaired) electrons. The number of carbonyl (C=O) groups excluding carboxylic acids is 1. The van der Waals surface area contributed by atoms with Crippen LogP contribution in [0.25, 0.3) is 17.1 Å². The number of nitrogens with zero attached hydrogens (tertiary/aromatic N) is 6. The summed E-state index contributed by atoms with van der Waals surface area (Å²) in [6.45, 7) is 0.428. The SMILES string of the molecule is COc1ccc(-c2ccc(=O)n(CCNC(=O)c3ccc(-n4ccnc4)nn3)n2)cc1. The lowest BCUT2D eigenvalue weighted by Crippen LogP contribution is -2.32. The maximum absolute atomic E-state index is 12.3. The number of imidazole rings is 1. The summed E-state index contributed by atoms with van der Waals surface area (Å²) in [6.07, 6.45) is 4.95. The number of hydrogen-bond donors (Lipinski definition) is 1. The standard InChI is InChI=1S/C21H19N7O3/c1-31-16-4-2-15(3-5-16)17-7-9-20(29)28(26-17)13-11-23-21(30)18-6-8-19(25-24-18)27-12-10-22-14-27/h2-10,12,14H,11,13H2,1H3,(H,23,30). The second-order valence-electron chi connectivity index (χ2n) is 6.51. The Bertz CT molecular complexity index is 1220. The van der Waals surface area contributed by atoms with Crippen LogP contribution < -0.4 is 15.6 Å². The summed E-state index contributed by atoms with van der Waals surface area (Å²) in [4.78, 5) is 28.4. The van der Waals surface area contributed by atoms with Crippen molar-refractivity contribution in [1.82, 2.24) is 34.8 Å². The van der Waals surface area contributed by atoms with Crippen molar-refractivity contribution in [3.8, 4) is 22.8 Å². The molecule has 0 aliphatic rings. The zero-order chi connectivity index (χ0) is 21.6. The second-order valence-corrected chi connectivity index (χ2v) is 6.51. The van der Waals surface area contributed by atoms with E-state index < -0.39 is 0 Å². The minimum atomic E-state index is -0.385. The molecule has 1 N–H and O–H groups in total. The van der Waals surface area contributed by atoms with Crippen molar-refractivity contribution in [2.24, 2.45) is 0 Å². The number of benzene rings is 1. The first-order chi connectivity index (χ1) is 15.1. The molecule has 3 aromatic heterocycles. The van der Waals surface area contributed by atoms with Crippen LogP contribution in [-0.4, -0.2) is 49.1 Å². The second kappa shape index (κ2) is 8.99. The van der Waals surface area contributed by atoms with Crippen LogP contribution in [-0.2, 0) is 6.54 Å². The van der Waals surface area contributed by atoms with Gasteiger partial charge in [-0.15, -0.1) is 10.2 Å². The lowest BCUT2D eigenvalue weighted by Gasteiger charge is -2.09. The monoisotopic (exact) mass is 417 g/mol. The maximum Gasteiger partial charge on any atom is 0.271 e. The summed E-state index contributed by atoms with van der Waals surface area (Å²) in [5.41, 5.74) is 1.42. The van der Waals surface area contributed by atoms with E-state index in [4.69, 9.17) is 4.74 Å². The molecule has 0 aliphatic carbocycles. The van der Waals surface area contributed by atoms with Gasteiger partial charge in [0.2, 0.25) is 0 Å². The Balaban J connectivity index is 1.38. The number of nitrogens with one attached hydrogen (secondary N) is 1. The van der Waals surface area contributed by atoms with E-state index in [0.717, 1.165) is 11.3 Å². The summed E-state index contributed by atoms with van der Waals surface area (Å²) in [7, 11) is 1.60. The van der Waals surface area contributed by atoms with Crippen LogP contribution >= 0.6 is 0 Å². The maximum atomic E-state index is 12.3. The molecule has 10 nitrogen and oxygen atoms in total. The van der Waals surface area contributed by atoms with Gasteiger partial charge in [-0.3, -0.25) is 14.2 Å². The van der Waals surface area contributed by atoms with Gasteiger partial charge in [0, 0.05) is 30.6 Å². The highest BCUT2D eigenvalue weighted by Crippen LogP contribution is 2.19. The van der Waals surface area contributed by atoms with E-state index in [1.54, 1.807) is 48.6 Å². The van der Waals surface area contributed by atoms with E-state index in [1.807, 2.05) is 24.3 Å². The fraction of sp³-hybridized carbons (Fsp3) is 0.143. The number of aromatic nitrogens is 6. The zero-order valence-electron chi connectivity index (χ0n) is 16.7. The van der Waals surface area contributed by atoms with Crippen molar-refractivity contribution in [3.63, 3.8) is 0 Å². The van der Waals surface area contributed by atoms with Crippen LogP contribution in [0.15, 0.2) is 72.0 Å². The van der Waals surface area contributed by atoms with Crippen molar-refractivity contribution >= 4 is 5.91 Å². The smallest absolute Gasteiger partial charge is 0.271 e. The average molecular weight is 417 g/mol. The first-order valence-corrected chi connectivity index (χ1v) is 9.47. The number of carbonyl (C=O) groups is 1. The van der Waals surface area contributed by atoms with Crippen molar-refractivity contribution in [3.05, 3.63) is 83.3 Å². The van der Waals surface area contributed by atoms with E-state index in [-0.39, 0.29) is 30.2 Å². The molecule has 0 unspecified atom stereocenters. The van der Waals surface area contributed by atoms with Crippen LogP contribution in [0.5, 0.6) is 5.75 Å². The van der Waals surface area contributed by atoms with Crippen molar-refractivity contribution in [2.75, 3.05) is 13.7 Å². The third-order valence-electron chi connectivity index (χ3n) is 4.51. The molecular weight excluding hydrogens is 398 g/mol. The highest BCUT2D eigenvalue weighted by atomic mass is 16.5. The van der Waals surface area contributed by atoms with E-state index in [9.17, 15) is 9.59 Å². The molecule has 3 heterocycles. The summed E-state index contributed by atoms with van der Waals surface area (Å²) in [5, 5.41) is 15.1. The molecule has 0 atom stereocenters. The number of amides is 1. The molecule has 1 amide bonds. The molecule has 0 spiro atoms. The third kappa shape index (κ3) is 4.64. The van der Waals surface area contributed by atoms with Gasteiger partial charge in [0.15, 0.2) is 11.5 Å². The van der Waals surface area contributed by atoms with Gasteiger partial charge in [0.1, 0.15) is 12.1 Å². The van der Waals surface area contributed by atoms with Crippen LogP contribution in [0.4, 0.5) is 0 Å². The average Bonchev–Trinajstić information content (AvgIpc) is 3.35. The van der Waals surface area contributed by atoms with Gasteiger partial charge in [-0.2, -0.15) is 5.10 Å². The summed E-state index contributed by atoms with van der Waals surface area (Å²) < 4.78 is 8.15. The number of ether oxygens (including phenoxy) is 1. The molecule has 0 bridgehead atoms. The third-order valence-corrected chi connectivity index (χ3v) is 4.51. The fourth-order valence-electron chi connectivity index (χ4n) is 2.87. The Labute approximate surface area is 177 Å². The highest BCUT2D eigenvalue weighted by Gasteiger charge is 2.09. The van der Waals surface area contributed by atoms with Gasteiger partial charge in [-0.05, 0) is 42.5 Å². The Kier molecular flexibility index (Phi) is 5.79. The number of rotatable bonds is 7. The minimum Gasteiger partial charge on any atom is -0.497 e. The van der Waals surface area contributed by atoms with Crippen LogP contribution in [0.2, 0.25) is 0 Å². The Morgan fingerprint density at radius 2 is 1.90 bits per heavy atom. The molecule has 31 heavy (non-hydrogen) atoms. The van der Waals surface area contributed by atoms with Gasteiger partial charge >= 0.3 is 0 Å². The first kappa shape index (κ1) is 20.0. The molecule has 4 rings (SSSR count). The number of methoxy groups -OCH3 is 1. The fourth-order valence-corrected chi connectivity index (χ4v) is 2.87. The molecule has 0 saturated heterocycles. The Morgan fingerprint density at radius 1 is 1.06 bits per heavy atom. The summed E-state index contributed by atoms with van der Waals surface area (Å²) in [6, 6.07) is 13.7. The summed E-state index contributed by atoms with van der Waals surface area (Å²) in [5.74, 6) is 0.908. The molecule has 10 heteroatoms. The van der Waals surface area contributed by atoms with Gasteiger partial charge in [-0.1, -0.05) is 0 Å². The highest BCUT2D eigenvalue weighted by molar-refractivity contribution is 5.92. The van der Waals surface area contributed by atoms with E-state index >= 15 is 0 Å². The summed E-state index contributed by atoms with van der Waals surface area (Å²) >= 11 is 0.